The predicted molar refractivity (Wildman–Crippen MR) is 69.7 cm³/mol. The third kappa shape index (κ3) is 3.01. The minimum absolute atomic E-state index is 0.148. The third-order valence-electron chi connectivity index (χ3n) is 2.19. The summed E-state index contributed by atoms with van der Waals surface area (Å²) in [6, 6.07) is 0. The lowest BCUT2D eigenvalue weighted by atomic mass is 10.3. The second-order valence-corrected chi connectivity index (χ2v) is 4.92. The van der Waals surface area contributed by atoms with E-state index in [0.717, 1.165) is 11.7 Å². The van der Waals surface area contributed by atoms with Crippen molar-refractivity contribution >= 4 is 45.3 Å². The van der Waals surface area contributed by atoms with E-state index in [-0.39, 0.29) is 28.2 Å². The molecule has 1 aromatic rings. The van der Waals surface area contributed by atoms with Crippen molar-refractivity contribution in [1.82, 2.24) is 14.1 Å². The molecule has 0 bridgehead atoms. The first-order valence-electron chi connectivity index (χ1n) is 4.99. The summed E-state index contributed by atoms with van der Waals surface area (Å²) in [4.78, 5) is 24.5. The Kier molecular flexibility index (Phi) is 5.01. The van der Waals surface area contributed by atoms with Crippen molar-refractivity contribution in [3.05, 3.63) is 5.69 Å². The molecule has 0 spiro atoms. The molecule has 17 heavy (non-hydrogen) atoms. The van der Waals surface area contributed by atoms with Gasteiger partial charge in [-0.15, -0.1) is 0 Å². The van der Waals surface area contributed by atoms with Crippen LogP contribution >= 0.6 is 27.7 Å². The molecule has 1 unspecified atom stereocenters. The smallest absolute Gasteiger partial charge is 0.274 e. The van der Waals surface area contributed by atoms with Crippen molar-refractivity contribution in [3.8, 4) is 0 Å². The molecule has 1 N–H and O–H groups in total. The zero-order chi connectivity index (χ0) is 13.0. The molecule has 0 radical (unpaired) electrons. The van der Waals surface area contributed by atoms with E-state index in [4.69, 9.17) is 0 Å². The lowest BCUT2D eigenvalue weighted by Crippen LogP contribution is -2.35. The number of nitrogens with one attached hydrogen (secondary N) is 1. The molecule has 8 heteroatoms. The Morgan fingerprint density at radius 2 is 2.18 bits per heavy atom. The van der Waals surface area contributed by atoms with Crippen molar-refractivity contribution in [2.75, 3.05) is 19.0 Å². The first-order valence-corrected chi connectivity index (χ1v) is 6.63. The average Bonchev–Trinajstić information content (AvgIpc) is 2.83. The summed E-state index contributed by atoms with van der Waals surface area (Å²) in [6.07, 6.45) is 0.663. The first-order chi connectivity index (χ1) is 8.02. The summed E-state index contributed by atoms with van der Waals surface area (Å²) >= 11 is 4.18. The Morgan fingerprint density at radius 1 is 1.53 bits per heavy atom. The van der Waals surface area contributed by atoms with Crippen molar-refractivity contribution in [2.24, 2.45) is 0 Å². The van der Waals surface area contributed by atoms with Crippen LogP contribution in [0.5, 0.6) is 0 Å². The molecule has 1 heterocycles. The number of alkyl halides is 1. The van der Waals surface area contributed by atoms with E-state index in [2.05, 4.69) is 30.0 Å². The number of aromatic nitrogens is 2. The van der Waals surface area contributed by atoms with Crippen LogP contribution in [0.4, 0.5) is 5.82 Å². The average molecular weight is 321 g/mol. The molecule has 94 valence electrons. The second-order valence-electron chi connectivity index (χ2n) is 3.29. The van der Waals surface area contributed by atoms with Crippen LogP contribution in [0.15, 0.2) is 0 Å². The zero-order valence-electron chi connectivity index (χ0n) is 9.73. The molecule has 0 aliphatic heterocycles. The number of carbonyl (C=O) groups excluding carboxylic acids is 2. The van der Waals surface area contributed by atoms with E-state index in [1.807, 2.05) is 6.92 Å². The number of hydrogen-bond acceptors (Lipinski definition) is 5. The fourth-order valence-corrected chi connectivity index (χ4v) is 2.04. The highest BCUT2D eigenvalue weighted by Gasteiger charge is 2.25. The molecule has 1 atom stereocenters. The molecular weight excluding hydrogens is 308 g/mol. The number of anilines is 1. The fourth-order valence-electron chi connectivity index (χ4n) is 1.15. The third-order valence-corrected chi connectivity index (χ3v) is 3.75. The van der Waals surface area contributed by atoms with Crippen LogP contribution in [-0.4, -0.2) is 39.5 Å². The van der Waals surface area contributed by atoms with Crippen molar-refractivity contribution in [2.45, 2.75) is 18.2 Å². The highest BCUT2D eigenvalue weighted by Crippen LogP contribution is 2.19. The summed E-state index contributed by atoms with van der Waals surface area (Å²) in [5.41, 5.74) is 0.171. The number of carbonyl (C=O) groups is 2. The van der Waals surface area contributed by atoms with Gasteiger partial charge in [-0.2, -0.15) is 8.75 Å². The molecule has 6 nitrogen and oxygen atoms in total. The molecule has 1 rings (SSSR count). The van der Waals surface area contributed by atoms with Gasteiger partial charge in [0.15, 0.2) is 11.5 Å². The molecular formula is C9H13BrN4O2S. The molecule has 2 amide bonds. The maximum absolute atomic E-state index is 11.9. The van der Waals surface area contributed by atoms with Gasteiger partial charge >= 0.3 is 0 Å². The highest BCUT2D eigenvalue weighted by molar-refractivity contribution is 9.10. The lowest BCUT2D eigenvalue weighted by Gasteiger charge is -2.17. The molecule has 0 saturated carbocycles. The maximum Gasteiger partial charge on any atom is 0.274 e. The van der Waals surface area contributed by atoms with E-state index < -0.39 is 0 Å². The Bertz CT molecular complexity index is 423. The van der Waals surface area contributed by atoms with Crippen LogP contribution in [-0.2, 0) is 4.79 Å². The molecule has 0 fully saturated rings. The number of hydrogen-bond donors (Lipinski definition) is 1. The van der Waals surface area contributed by atoms with Crippen LogP contribution in [0.2, 0.25) is 0 Å². The Balaban J connectivity index is 2.97. The summed E-state index contributed by atoms with van der Waals surface area (Å²) in [6.45, 7) is 1.89. The van der Waals surface area contributed by atoms with Gasteiger partial charge in [-0.25, -0.2) is 0 Å². The SMILES string of the molecule is CCC(Br)C(=O)N(C)c1nsnc1C(=O)NC. The monoisotopic (exact) mass is 320 g/mol. The van der Waals surface area contributed by atoms with Crippen LogP contribution in [0.25, 0.3) is 0 Å². The summed E-state index contributed by atoms with van der Waals surface area (Å²) in [5, 5.41) is 2.46. The van der Waals surface area contributed by atoms with Gasteiger partial charge in [0.2, 0.25) is 5.91 Å². The molecule has 0 aliphatic carbocycles. The maximum atomic E-state index is 11.9. The van der Waals surface area contributed by atoms with Gasteiger partial charge in [0.25, 0.3) is 5.91 Å². The van der Waals surface area contributed by atoms with Crippen LogP contribution < -0.4 is 10.2 Å². The molecule has 1 aromatic heterocycles. The minimum Gasteiger partial charge on any atom is -0.354 e. The number of halogens is 1. The normalized spacial score (nSPS) is 12.0. The lowest BCUT2D eigenvalue weighted by molar-refractivity contribution is -0.117. The summed E-state index contributed by atoms with van der Waals surface area (Å²) in [5.74, 6) is -0.210. The van der Waals surface area contributed by atoms with E-state index in [1.54, 1.807) is 7.05 Å². The van der Waals surface area contributed by atoms with Gasteiger partial charge in [0.05, 0.1) is 16.6 Å². The van der Waals surface area contributed by atoms with E-state index >= 15 is 0 Å². The number of amides is 2. The van der Waals surface area contributed by atoms with E-state index in [9.17, 15) is 9.59 Å². The summed E-state index contributed by atoms with van der Waals surface area (Å²) < 4.78 is 7.86. The van der Waals surface area contributed by atoms with E-state index in [0.29, 0.717) is 6.42 Å². The van der Waals surface area contributed by atoms with Gasteiger partial charge in [0, 0.05) is 14.1 Å². The molecule has 0 aromatic carbocycles. The Morgan fingerprint density at radius 3 is 2.71 bits per heavy atom. The van der Waals surface area contributed by atoms with Crippen LogP contribution in [0.1, 0.15) is 23.8 Å². The highest BCUT2D eigenvalue weighted by atomic mass is 79.9. The van der Waals surface area contributed by atoms with Crippen LogP contribution in [0.3, 0.4) is 0 Å². The molecule has 0 aliphatic rings. The minimum atomic E-state index is -0.351. The summed E-state index contributed by atoms with van der Waals surface area (Å²) in [7, 11) is 3.09. The second kappa shape index (κ2) is 6.06. The number of nitrogens with zero attached hydrogens (tertiary/aromatic N) is 3. The first kappa shape index (κ1) is 14.0. The zero-order valence-corrected chi connectivity index (χ0v) is 12.1. The van der Waals surface area contributed by atoms with Gasteiger partial charge in [-0.1, -0.05) is 22.9 Å². The van der Waals surface area contributed by atoms with Gasteiger partial charge < -0.3 is 5.32 Å². The number of rotatable bonds is 4. The van der Waals surface area contributed by atoms with E-state index in [1.165, 1.54) is 11.9 Å². The van der Waals surface area contributed by atoms with Crippen molar-refractivity contribution < 1.29 is 9.59 Å². The van der Waals surface area contributed by atoms with Gasteiger partial charge in [-0.05, 0) is 6.42 Å². The Labute approximate surface area is 112 Å². The van der Waals surface area contributed by atoms with Gasteiger partial charge in [-0.3, -0.25) is 14.5 Å². The predicted octanol–water partition coefficient (Wildman–Crippen LogP) is 1.03. The fraction of sp³-hybridized carbons (Fsp3) is 0.556. The van der Waals surface area contributed by atoms with Crippen LogP contribution in [0, 0.1) is 0 Å². The quantitative estimate of drug-likeness (QED) is 0.841. The standard InChI is InChI=1S/C9H13BrN4O2S/c1-4-5(10)9(16)14(3)7-6(8(15)11-2)12-17-13-7/h5H,4H2,1-3H3,(H,11,15). The Hall–Kier alpha value is -1.02. The van der Waals surface area contributed by atoms with Crippen molar-refractivity contribution in [3.63, 3.8) is 0 Å². The topological polar surface area (TPSA) is 75.2 Å². The largest absolute Gasteiger partial charge is 0.354 e. The molecule has 0 saturated heterocycles. The van der Waals surface area contributed by atoms with Crippen molar-refractivity contribution in [1.29, 1.82) is 0 Å². The van der Waals surface area contributed by atoms with Gasteiger partial charge in [0.1, 0.15) is 0 Å².